The van der Waals surface area contributed by atoms with Gasteiger partial charge < -0.3 is 10.1 Å². The Balaban J connectivity index is 1.82. The Morgan fingerprint density at radius 1 is 1.24 bits per heavy atom. The number of nitrogens with two attached hydrogens (primary N) is 1. The second-order valence-corrected chi connectivity index (χ2v) is 8.51. The number of hydrogen-bond donors (Lipinski definition) is 2. The van der Waals surface area contributed by atoms with Gasteiger partial charge in [-0.15, -0.1) is 0 Å². The third kappa shape index (κ3) is 4.28. The number of primary sulfonamides is 1. The van der Waals surface area contributed by atoms with Gasteiger partial charge in [0.2, 0.25) is 10.0 Å². The molecule has 0 aromatic heterocycles. The zero-order valence-corrected chi connectivity index (χ0v) is 14.8. The average Bonchev–Trinajstić information content (AvgIpc) is 2.54. The third-order valence-electron chi connectivity index (χ3n) is 5.06. The van der Waals surface area contributed by atoms with Crippen molar-refractivity contribution >= 4 is 21.4 Å². The minimum absolute atomic E-state index is 0.0854. The molecule has 1 spiro atoms. The van der Waals surface area contributed by atoms with Gasteiger partial charge in [-0.05, 0) is 31.7 Å². The van der Waals surface area contributed by atoms with Crippen molar-refractivity contribution in [2.45, 2.75) is 61.5 Å². The van der Waals surface area contributed by atoms with E-state index in [1.165, 1.54) is 18.6 Å². The summed E-state index contributed by atoms with van der Waals surface area (Å²) in [7, 11) is -4.02. The molecular weight excluding hydrogens is 346 g/mol. The van der Waals surface area contributed by atoms with Crippen LogP contribution in [0.4, 0.5) is 11.4 Å². The molecule has 9 heteroatoms. The van der Waals surface area contributed by atoms with Crippen molar-refractivity contribution < 1.29 is 18.1 Å². The van der Waals surface area contributed by atoms with Crippen molar-refractivity contribution in [1.82, 2.24) is 0 Å². The Bertz CT molecular complexity index is 754. The molecule has 2 aliphatic rings. The SMILES string of the molecule is NS(=O)(=O)c1cc(NC2CCOC3(CCCCC3)C2)cc([N+](=O)[O-])c1. The summed E-state index contributed by atoms with van der Waals surface area (Å²) >= 11 is 0. The average molecular weight is 369 g/mol. The number of benzene rings is 1. The molecule has 0 amide bonds. The first-order chi connectivity index (χ1) is 11.8. The van der Waals surface area contributed by atoms with Crippen molar-refractivity contribution in [3.63, 3.8) is 0 Å². The van der Waals surface area contributed by atoms with Crippen LogP contribution in [0.5, 0.6) is 0 Å². The summed E-state index contributed by atoms with van der Waals surface area (Å²) in [4.78, 5) is 10.2. The third-order valence-corrected chi connectivity index (χ3v) is 5.95. The van der Waals surface area contributed by atoms with E-state index in [1.54, 1.807) is 0 Å². The smallest absolute Gasteiger partial charge is 0.272 e. The topological polar surface area (TPSA) is 125 Å². The van der Waals surface area contributed by atoms with Crippen molar-refractivity contribution in [1.29, 1.82) is 0 Å². The van der Waals surface area contributed by atoms with Crippen LogP contribution >= 0.6 is 0 Å². The predicted molar refractivity (Wildman–Crippen MR) is 92.9 cm³/mol. The first kappa shape index (κ1) is 18.1. The number of nitro benzene ring substituents is 1. The Kier molecular flexibility index (Phi) is 4.99. The second kappa shape index (κ2) is 6.89. The molecule has 1 heterocycles. The minimum atomic E-state index is -4.02. The van der Waals surface area contributed by atoms with Gasteiger partial charge >= 0.3 is 0 Å². The van der Waals surface area contributed by atoms with E-state index >= 15 is 0 Å². The van der Waals surface area contributed by atoms with Gasteiger partial charge in [0.15, 0.2) is 0 Å². The fraction of sp³-hybridized carbons (Fsp3) is 0.625. The van der Waals surface area contributed by atoms with Gasteiger partial charge in [0.25, 0.3) is 5.69 Å². The summed E-state index contributed by atoms with van der Waals surface area (Å²) in [6.07, 6.45) is 7.19. The van der Waals surface area contributed by atoms with E-state index in [2.05, 4.69) is 5.32 Å². The Morgan fingerprint density at radius 3 is 2.60 bits per heavy atom. The molecule has 3 rings (SSSR count). The standard InChI is InChI=1S/C16H23N3O5S/c17-25(22,23)15-9-13(8-14(10-15)19(20)21)18-12-4-7-24-16(11-12)5-2-1-3-6-16/h8-10,12,18H,1-7,11H2,(H2,17,22,23). The number of nitro groups is 1. The normalized spacial score (nSPS) is 23.3. The molecule has 1 saturated heterocycles. The molecule has 1 aromatic carbocycles. The van der Waals surface area contributed by atoms with Crippen LogP contribution in [0.15, 0.2) is 23.1 Å². The van der Waals surface area contributed by atoms with Crippen molar-refractivity contribution in [2.24, 2.45) is 5.14 Å². The predicted octanol–water partition coefficient (Wildman–Crippen LogP) is 2.54. The number of non-ortho nitro benzene ring substituents is 1. The Labute approximate surface area is 146 Å². The van der Waals surface area contributed by atoms with Gasteiger partial charge in [-0.25, -0.2) is 13.6 Å². The number of nitrogens with one attached hydrogen (secondary N) is 1. The molecule has 1 aromatic rings. The Morgan fingerprint density at radius 2 is 1.96 bits per heavy atom. The van der Waals surface area contributed by atoms with Crippen LogP contribution < -0.4 is 10.5 Å². The largest absolute Gasteiger partial charge is 0.382 e. The molecule has 0 radical (unpaired) electrons. The van der Waals surface area contributed by atoms with E-state index < -0.39 is 14.9 Å². The molecule has 1 saturated carbocycles. The molecule has 2 fully saturated rings. The van der Waals surface area contributed by atoms with Crippen LogP contribution in [0, 0.1) is 10.1 Å². The van der Waals surface area contributed by atoms with Crippen LogP contribution in [0.2, 0.25) is 0 Å². The second-order valence-electron chi connectivity index (χ2n) is 6.94. The number of nitrogens with zero attached hydrogens (tertiary/aromatic N) is 1. The van der Waals surface area contributed by atoms with E-state index in [0.717, 1.165) is 44.6 Å². The number of hydrogen-bond acceptors (Lipinski definition) is 6. The molecule has 3 N–H and O–H groups in total. The summed E-state index contributed by atoms with van der Waals surface area (Å²) in [6.45, 7) is 0.634. The quantitative estimate of drug-likeness (QED) is 0.621. The van der Waals surface area contributed by atoms with Crippen molar-refractivity contribution in [2.75, 3.05) is 11.9 Å². The van der Waals surface area contributed by atoms with Crippen molar-refractivity contribution in [3.8, 4) is 0 Å². The molecule has 25 heavy (non-hydrogen) atoms. The minimum Gasteiger partial charge on any atom is -0.382 e. The maximum absolute atomic E-state index is 11.6. The van der Waals surface area contributed by atoms with E-state index in [-0.39, 0.29) is 22.2 Å². The van der Waals surface area contributed by atoms with Crippen LogP contribution in [0.25, 0.3) is 0 Å². The lowest BCUT2D eigenvalue weighted by Crippen LogP contribution is -2.45. The number of rotatable bonds is 4. The van der Waals surface area contributed by atoms with Gasteiger partial charge in [-0.3, -0.25) is 10.1 Å². The molecule has 0 bridgehead atoms. The first-order valence-electron chi connectivity index (χ1n) is 8.50. The lowest BCUT2D eigenvalue weighted by Gasteiger charge is -2.43. The molecule has 138 valence electrons. The highest BCUT2D eigenvalue weighted by Crippen LogP contribution is 2.39. The Hall–Kier alpha value is -1.71. The lowest BCUT2D eigenvalue weighted by atomic mass is 9.78. The fourth-order valence-electron chi connectivity index (χ4n) is 3.87. The fourth-order valence-corrected chi connectivity index (χ4v) is 4.44. The van der Waals surface area contributed by atoms with Gasteiger partial charge in [-0.1, -0.05) is 19.3 Å². The molecule has 1 aliphatic carbocycles. The van der Waals surface area contributed by atoms with E-state index in [1.807, 2.05) is 0 Å². The number of ether oxygens (including phenoxy) is 1. The maximum atomic E-state index is 11.6. The molecular formula is C16H23N3O5S. The van der Waals surface area contributed by atoms with Crippen LogP contribution in [-0.2, 0) is 14.8 Å². The monoisotopic (exact) mass is 369 g/mol. The number of anilines is 1. The number of sulfonamides is 1. The molecule has 1 aliphatic heterocycles. The highest BCUT2D eigenvalue weighted by Gasteiger charge is 2.38. The van der Waals surface area contributed by atoms with E-state index in [4.69, 9.17) is 9.88 Å². The van der Waals surface area contributed by atoms with E-state index in [9.17, 15) is 18.5 Å². The van der Waals surface area contributed by atoms with Crippen molar-refractivity contribution in [3.05, 3.63) is 28.3 Å². The molecule has 1 atom stereocenters. The zero-order chi connectivity index (χ0) is 18.1. The summed E-state index contributed by atoms with van der Waals surface area (Å²) in [5.74, 6) is 0. The summed E-state index contributed by atoms with van der Waals surface area (Å²) in [5, 5.41) is 19.5. The van der Waals surface area contributed by atoms with Crippen LogP contribution in [0.3, 0.4) is 0 Å². The first-order valence-corrected chi connectivity index (χ1v) is 10.0. The van der Waals surface area contributed by atoms with Gasteiger partial charge in [0, 0.05) is 30.5 Å². The van der Waals surface area contributed by atoms with Crippen LogP contribution in [-0.4, -0.2) is 31.6 Å². The van der Waals surface area contributed by atoms with E-state index in [0.29, 0.717) is 12.3 Å². The summed E-state index contributed by atoms with van der Waals surface area (Å²) < 4.78 is 29.3. The van der Waals surface area contributed by atoms with Crippen LogP contribution in [0.1, 0.15) is 44.9 Å². The summed E-state index contributed by atoms with van der Waals surface area (Å²) in [6, 6.07) is 3.76. The van der Waals surface area contributed by atoms with Gasteiger partial charge in [0.05, 0.1) is 15.4 Å². The lowest BCUT2D eigenvalue weighted by molar-refractivity contribution is -0.385. The summed E-state index contributed by atoms with van der Waals surface area (Å²) in [5.41, 5.74) is -0.0120. The maximum Gasteiger partial charge on any atom is 0.272 e. The van der Waals surface area contributed by atoms with Gasteiger partial charge in [-0.2, -0.15) is 0 Å². The highest BCUT2D eigenvalue weighted by molar-refractivity contribution is 7.89. The highest BCUT2D eigenvalue weighted by atomic mass is 32.2. The zero-order valence-electron chi connectivity index (χ0n) is 13.9. The molecule has 1 unspecified atom stereocenters. The molecule has 8 nitrogen and oxygen atoms in total. The van der Waals surface area contributed by atoms with Gasteiger partial charge in [0.1, 0.15) is 0 Å².